The van der Waals surface area contributed by atoms with Gasteiger partial charge >= 0.3 is 0 Å². The Morgan fingerprint density at radius 1 is 1.41 bits per heavy atom. The molecule has 1 saturated carbocycles. The van der Waals surface area contributed by atoms with Crippen LogP contribution >= 0.6 is 0 Å². The number of aliphatic hydroxyl groups is 1. The fourth-order valence-corrected chi connectivity index (χ4v) is 3.41. The summed E-state index contributed by atoms with van der Waals surface area (Å²) in [6.45, 7) is 2.69. The SMILES string of the molecule is Cc1cccc2c(CCC(=O)NCC3CCCC3O)c[nH]c12. The molecule has 0 radical (unpaired) electrons. The number of benzene rings is 1. The van der Waals surface area contributed by atoms with Crippen molar-refractivity contribution in [3.8, 4) is 0 Å². The first-order valence-corrected chi connectivity index (χ1v) is 8.15. The number of rotatable bonds is 5. The van der Waals surface area contributed by atoms with Crippen LogP contribution < -0.4 is 5.32 Å². The summed E-state index contributed by atoms with van der Waals surface area (Å²) < 4.78 is 0. The van der Waals surface area contributed by atoms with Gasteiger partial charge in [0.05, 0.1) is 6.10 Å². The number of aliphatic hydroxyl groups excluding tert-OH is 1. The number of carbonyl (C=O) groups excluding carboxylic acids is 1. The van der Waals surface area contributed by atoms with Crippen molar-refractivity contribution < 1.29 is 9.90 Å². The highest BCUT2D eigenvalue weighted by atomic mass is 16.3. The van der Waals surface area contributed by atoms with Crippen LogP contribution in [0.4, 0.5) is 0 Å². The Morgan fingerprint density at radius 3 is 3.05 bits per heavy atom. The van der Waals surface area contributed by atoms with Crippen LogP contribution in [-0.4, -0.2) is 28.6 Å². The summed E-state index contributed by atoms with van der Waals surface area (Å²) in [5.74, 6) is 0.306. The Hall–Kier alpha value is -1.81. The van der Waals surface area contributed by atoms with Crippen molar-refractivity contribution in [1.29, 1.82) is 0 Å². The molecule has 1 aromatic heterocycles. The van der Waals surface area contributed by atoms with E-state index in [0.717, 1.165) is 31.2 Å². The molecule has 0 saturated heterocycles. The Morgan fingerprint density at radius 2 is 2.27 bits per heavy atom. The molecule has 1 aliphatic rings. The van der Waals surface area contributed by atoms with Gasteiger partial charge in [0.25, 0.3) is 0 Å². The van der Waals surface area contributed by atoms with Crippen LogP contribution in [0, 0.1) is 12.8 Å². The van der Waals surface area contributed by atoms with E-state index < -0.39 is 0 Å². The van der Waals surface area contributed by atoms with Gasteiger partial charge in [0, 0.05) is 36.0 Å². The van der Waals surface area contributed by atoms with E-state index in [4.69, 9.17) is 0 Å². The number of fused-ring (bicyclic) bond motifs is 1. The molecular formula is C18H24N2O2. The van der Waals surface area contributed by atoms with E-state index in [0.29, 0.717) is 13.0 Å². The third-order valence-corrected chi connectivity index (χ3v) is 4.81. The molecule has 2 atom stereocenters. The van der Waals surface area contributed by atoms with E-state index in [1.165, 1.54) is 16.5 Å². The molecule has 3 rings (SSSR count). The standard InChI is InChI=1S/C18H24N2O2/c1-12-4-2-6-15-13(10-20-18(12)15)8-9-17(22)19-11-14-5-3-7-16(14)21/h2,4,6,10,14,16,20-21H,3,5,7-9,11H2,1H3,(H,19,22). The van der Waals surface area contributed by atoms with Gasteiger partial charge in [0.1, 0.15) is 0 Å². The van der Waals surface area contributed by atoms with Crippen molar-refractivity contribution in [2.45, 2.75) is 45.1 Å². The van der Waals surface area contributed by atoms with Crippen molar-refractivity contribution in [3.63, 3.8) is 0 Å². The first-order valence-electron chi connectivity index (χ1n) is 8.15. The average molecular weight is 300 g/mol. The summed E-state index contributed by atoms with van der Waals surface area (Å²) in [6.07, 6.45) is 5.95. The molecule has 1 fully saturated rings. The Bertz CT molecular complexity index is 662. The third-order valence-electron chi connectivity index (χ3n) is 4.81. The van der Waals surface area contributed by atoms with Gasteiger partial charge < -0.3 is 15.4 Å². The second-order valence-electron chi connectivity index (χ2n) is 6.37. The van der Waals surface area contributed by atoms with Gasteiger partial charge in [-0.25, -0.2) is 0 Å². The Balaban J connectivity index is 1.53. The van der Waals surface area contributed by atoms with Gasteiger partial charge in [0.2, 0.25) is 5.91 Å². The summed E-state index contributed by atoms with van der Waals surface area (Å²) >= 11 is 0. The number of amides is 1. The lowest BCUT2D eigenvalue weighted by Gasteiger charge is -2.14. The molecule has 1 amide bonds. The van der Waals surface area contributed by atoms with Crippen LogP contribution in [0.1, 0.15) is 36.8 Å². The average Bonchev–Trinajstić information content (AvgIpc) is 3.10. The van der Waals surface area contributed by atoms with E-state index in [1.807, 2.05) is 6.20 Å². The van der Waals surface area contributed by atoms with Crippen LogP contribution in [0.3, 0.4) is 0 Å². The first-order chi connectivity index (χ1) is 10.6. The summed E-state index contributed by atoms with van der Waals surface area (Å²) in [4.78, 5) is 15.3. The Labute approximate surface area is 130 Å². The zero-order valence-corrected chi connectivity index (χ0v) is 13.1. The number of carbonyl (C=O) groups is 1. The van der Waals surface area contributed by atoms with Crippen molar-refractivity contribution in [2.24, 2.45) is 5.92 Å². The van der Waals surface area contributed by atoms with E-state index >= 15 is 0 Å². The van der Waals surface area contributed by atoms with E-state index in [9.17, 15) is 9.90 Å². The molecule has 22 heavy (non-hydrogen) atoms. The largest absolute Gasteiger partial charge is 0.393 e. The van der Waals surface area contributed by atoms with Gasteiger partial charge in [-0.05, 0) is 37.3 Å². The molecule has 4 heteroatoms. The number of nitrogens with one attached hydrogen (secondary N) is 2. The highest BCUT2D eigenvalue weighted by molar-refractivity contribution is 5.86. The molecule has 0 bridgehead atoms. The molecule has 1 aromatic carbocycles. The van der Waals surface area contributed by atoms with Crippen LogP contribution in [0.5, 0.6) is 0 Å². The fraction of sp³-hybridized carbons (Fsp3) is 0.500. The monoisotopic (exact) mass is 300 g/mol. The van der Waals surface area contributed by atoms with Crippen LogP contribution in [-0.2, 0) is 11.2 Å². The third kappa shape index (κ3) is 3.17. The van der Waals surface area contributed by atoms with Crippen molar-refractivity contribution in [3.05, 3.63) is 35.5 Å². The van der Waals surface area contributed by atoms with E-state index in [2.05, 4.69) is 35.4 Å². The number of hydrogen-bond acceptors (Lipinski definition) is 2. The minimum Gasteiger partial charge on any atom is -0.393 e. The van der Waals surface area contributed by atoms with Crippen molar-refractivity contribution >= 4 is 16.8 Å². The lowest BCUT2D eigenvalue weighted by molar-refractivity contribution is -0.121. The zero-order chi connectivity index (χ0) is 15.5. The summed E-state index contributed by atoms with van der Waals surface area (Å²) in [5, 5.41) is 13.9. The van der Waals surface area contributed by atoms with Crippen LogP contribution in [0.15, 0.2) is 24.4 Å². The van der Waals surface area contributed by atoms with Gasteiger partial charge in [-0.1, -0.05) is 24.6 Å². The molecule has 3 N–H and O–H groups in total. The molecule has 1 aliphatic carbocycles. The maximum atomic E-state index is 12.0. The van der Waals surface area contributed by atoms with E-state index in [-0.39, 0.29) is 17.9 Å². The zero-order valence-electron chi connectivity index (χ0n) is 13.1. The number of H-pyrrole nitrogens is 1. The van der Waals surface area contributed by atoms with Crippen LogP contribution in [0.25, 0.3) is 10.9 Å². The molecule has 2 aromatic rings. The molecule has 0 spiro atoms. The van der Waals surface area contributed by atoms with Gasteiger partial charge in [-0.3, -0.25) is 4.79 Å². The van der Waals surface area contributed by atoms with E-state index in [1.54, 1.807) is 0 Å². The molecule has 0 aliphatic heterocycles. The summed E-state index contributed by atoms with van der Waals surface area (Å²) in [5.41, 5.74) is 3.57. The van der Waals surface area contributed by atoms with Crippen molar-refractivity contribution in [2.75, 3.05) is 6.54 Å². The predicted molar refractivity (Wildman–Crippen MR) is 87.7 cm³/mol. The maximum absolute atomic E-state index is 12.0. The number of aromatic amines is 1. The summed E-state index contributed by atoms with van der Waals surface area (Å²) in [6, 6.07) is 6.24. The number of para-hydroxylation sites is 1. The molecule has 2 unspecified atom stereocenters. The first kappa shape index (κ1) is 15.1. The minimum absolute atomic E-state index is 0.0705. The second kappa shape index (κ2) is 6.53. The second-order valence-corrected chi connectivity index (χ2v) is 6.37. The Kier molecular flexibility index (Phi) is 4.48. The molecule has 1 heterocycles. The normalized spacial score (nSPS) is 21.4. The fourth-order valence-electron chi connectivity index (χ4n) is 3.41. The summed E-state index contributed by atoms with van der Waals surface area (Å²) in [7, 11) is 0. The lowest BCUT2D eigenvalue weighted by atomic mass is 10.0. The predicted octanol–water partition coefficient (Wildman–Crippen LogP) is 2.69. The number of aryl methyl sites for hydroxylation is 2. The van der Waals surface area contributed by atoms with Crippen LogP contribution in [0.2, 0.25) is 0 Å². The number of hydrogen-bond donors (Lipinski definition) is 3. The molecule has 118 valence electrons. The molecular weight excluding hydrogens is 276 g/mol. The minimum atomic E-state index is -0.239. The smallest absolute Gasteiger partial charge is 0.220 e. The quantitative estimate of drug-likeness (QED) is 0.795. The molecule has 4 nitrogen and oxygen atoms in total. The highest BCUT2D eigenvalue weighted by Gasteiger charge is 2.25. The topological polar surface area (TPSA) is 65.1 Å². The number of aromatic nitrogens is 1. The van der Waals surface area contributed by atoms with Crippen molar-refractivity contribution in [1.82, 2.24) is 10.3 Å². The van der Waals surface area contributed by atoms with Gasteiger partial charge in [0.15, 0.2) is 0 Å². The van der Waals surface area contributed by atoms with Gasteiger partial charge in [-0.15, -0.1) is 0 Å². The lowest BCUT2D eigenvalue weighted by Crippen LogP contribution is -2.32. The van der Waals surface area contributed by atoms with Gasteiger partial charge in [-0.2, -0.15) is 0 Å². The highest BCUT2D eigenvalue weighted by Crippen LogP contribution is 2.25. The maximum Gasteiger partial charge on any atom is 0.220 e.